The van der Waals surface area contributed by atoms with Gasteiger partial charge in [0.05, 0.1) is 19.2 Å². The lowest BCUT2D eigenvalue weighted by Crippen LogP contribution is -2.64. The van der Waals surface area contributed by atoms with Crippen molar-refractivity contribution in [2.75, 3.05) is 19.7 Å². The maximum absolute atomic E-state index is 11.4. The lowest BCUT2D eigenvalue weighted by atomic mass is 10.0. The van der Waals surface area contributed by atoms with E-state index in [1.54, 1.807) is 0 Å². The number of rotatable bonds is 0. The van der Waals surface area contributed by atoms with Crippen LogP contribution in [0.15, 0.2) is 0 Å². The first-order valence-electron chi connectivity index (χ1n) is 4.32. The number of nitrogens with one attached hydrogen (secondary N) is 1. The van der Waals surface area contributed by atoms with Crippen molar-refractivity contribution in [3.05, 3.63) is 0 Å². The van der Waals surface area contributed by atoms with Crippen LogP contribution in [0.1, 0.15) is 13.8 Å². The van der Waals surface area contributed by atoms with E-state index in [0.29, 0.717) is 13.2 Å². The monoisotopic (exact) mass is 170 g/mol. The summed E-state index contributed by atoms with van der Waals surface area (Å²) in [4.78, 5) is 13.2. The second-order valence-electron chi connectivity index (χ2n) is 3.55. The second kappa shape index (κ2) is 2.44. The predicted octanol–water partition coefficient (Wildman–Crippen LogP) is -0.447. The molecule has 0 spiro atoms. The van der Waals surface area contributed by atoms with Crippen molar-refractivity contribution in [2.24, 2.45) is 0 Å². The van der Waals surface area contributed by atoms with Gasteiger partial charge in [-0.1, -0.05) is 0 Å². The molecule has 0 aromatic rings. The molecule has 68 valence electrons. The van der Waals surface area contributed by atoms with Gasteiger partial charge in [0.15, 0.2) is 5.72 Å². The van der Waals surface area contributed by atoms with Crippen LogP contribution in [-0.2, 0) is 9.53 Å². The fourth-order valence-corrected chi connectivity index (χ4v) is 1.90. The number of fused-ring (bicyclic) bond motifs is 1. The topological polar surface area (TPSA) is 41.6 Å². The van der Waals surface area contributed by atoms with E-state index in [9.17, 15) is 4.79 Å². The van der Waals surface area contributed by atoms with Crippen LogP contribution >= 0.6 is 0 Å². The number of hydrogen-bond donors (Lipinski definition) is 1. The first-order valence-corrected chi connectivity index (χ1v) is 4.32. The largest absolute Gasteiger partial charge is 0.352 e. The van der Waals surface area contributed by atoms with Crippen LogP contribution in [0.2, 0.25) is 0 Å². The molecule has 12 heavy (non-hydrogen) atoms. The van der Waals surface area contributed by atoms with Gasteiger partial charge in [0.2, 0.25) is 5.91 Å². The number of hydrogen-bond acceptors (Lipinski definition) is 3. The van der Waals surface area contributed by atoms with E-state index in [4.69, 9.17) is 4.74 Å². The lowest BCUT2D eigenvalue weighted by molar-refractivity contribution is -0.157. The maximum atomic E-state index is 11.4. The molecule has 2 saturated heterocycles. The van der Waals surface area contributed by atoms with E-state index in [1.165, 1.54) is 0 Å². The van der Waals surface area contributed by atoms with Crippen LogP contribution in [-0.4, -0.2) is 42.3 Å². The summed E-state index contributed by atoms with van der Waals surface area (Å²) in [5.41, 5.74) is -0.407. The average Bonchev–Trinajstić information content (AvgIpc) is 2.42. The van der Waals surface area contributed by atoms with Crippen molar-refractivity contribution >= 4 is 5.91 Å². The smallest absolute Gasteiger partial charge is 0.238 e. The Kier molecular flexibility index (Phi) is 1.63. The number of amides is 1. The Hall–Kier alpha value is -0.610. The Morgan fingerprint density at radius 3 is 3.17 bits per heavy atom. The predicted molar refractivity (Wildman–Crippen MR) is 43.5 cm³/mol. The number of piperazine rings is 1. The molecular weight excluding hydrogens is 156 g/mol. The third-order valence-corrected chi connectivity index (χ3v) is 2.91. The summed E-state index contributed by atoms with van der Waals surface area (Å²) in [6.45, 7) is 5.86. The van der Waals surface area contributed by atoms with E-state index in [0.717, 1.165) is 6.54 Å². The number of nitrogens with zero attached hydrogens (tertiary/aromatic N) is 1. The van der Waals surface area contributed by atoms with Crippen molar-refractivity contribution < 1.29 is 9.53 Å². The van der Waals surface area contributed by atoms with Gasteiger partial charge in [-0.3, -0.25) is 4.79 Å². The molecule has 2 heterocycles. The van der Waals surface area contributed by atoms with Crippen LogP contribution in [0.4, 0.5) is 0 Å². The first kappa shape index (κ1) is 8.01. The Morgan fingerprint density at radius 2 is 2.50 bits per heavy atom. The van der Waals surface area contributed by atoms with E-state index < -0.39 is 5.72 Å². The Morgan fingerprint density at radius 1 is 1.75 bits per heavy atom. The van der Waals surface area contributed by atoms with E-state index >= 15 is 0 Å². The third kappa shape index (κ3) is 0.881. The van der Waals surface area contributed by atoms with Gasteiger partial charge in [0, 0.05) is 6.54 Å². The molecular formula is C8H14N2O2. The molecule has 2 fully saturated rings. The first-order chi connectivity index (χ1) is 5.64. The van der Waals surface area contributed by atoms with Crippen molar-refractivity contribution in [1.82, 2.24) is 10.2 Å². The molecule has 4 heteroatoms. The highest BCUT2D eigenvalue weighted by Gasteiger charge is 2.47. The summed E-state index contributed by atoms with van der Waals surface area (Å²) < 4.78 is 5.57. The fraction of sp³-hybridized carbons (Fsp3) is 0.875. The number of carbonyl (C=O) groups excluding carboxylic acids is 1. The van der Waals surface area contributed by atoms with E-state index in [-0.39, 0.29) is 11.9 Å². The summed E-state index contributed by atoms with van der Waals surface area (Å²) >= 11 is 0. The third-order valence-electron chi connectivity index (χ3n) is 2.91. The molecule has 0 radical (unpaired) electrons. The minimum atomic E-state index is -0.407. The summed E-state index contributed by atoms with van der Waals surface area (Å²) in [6.07, 6.45) is 0. The molecule has 2 aliphatic heterocycles. The summed E-state index contributed by atoms with van der Waals surface area (Å²) in [5.74, 6) is 0.146. The normalized spacial score (nSPS) is 41.7. The van der Waals surface area contributed by atoms with Crippen LogP contribution in [0.5, 0.6) is 0 Å². The van der Waals surface area contributed by atoms with Gasteiger partial charge in [-0.15, -0.1) is 0 Å². The van der Waals surface area contributed by atoms with Crippen LogP contribution in [0.25, 0.3) is 0 Å². The van der Waals surface area contributed by atoms with Gasteiger partial charge in [-0.2, -0.15) is 0 Å². The van der Waals surface area contributed by atoms with Crippen LogP contribution < -0.4 is 5.32 Å². The molecule has 0 aromatic heterocycles. The molecule has 1 N–H and O–H groups in total. The van der Waals surface area contributed by atoms with Gasteiger partial charge in [0.1, 0.15) is 0 Å². The zero-order valence-corrected chi connectivity index (χ0v) is 7.46. The van der Waals surface area contributed by atoms with Crippen molar-refractivity contribution in [2.45, 2.75) is 25.6 Å². The molecule has 0 aliphatic carbocycles. The minimum Gasteiger partial charge on any atom is -0.352 e. The molecule has 2 unspecified atom stereocenters. The van der Waals surface area contributed by atoms with E-state index in [2.05, 4.69) is 5.32 Å². The number of carbonyl (C=O) groups is 1. The van der Waals surface area contributed by atoms with Crippen molar-refractivity contribution in [3.8, 4) is 0 Å². The van der Waals surface area contributed by atoms with E-state index in [1.807, 2.05) is 18.7 Å². The second-order valence-corrected chi connectivity index (χ2v) is 3.55. The maximum Gasteiger partial charge on any atom is 0.238 e. The minimum absolute atomic E-state index is 0.146. The number of ether oxygens (including phenoxy) is 1. The Bertz CT molecular complexity index is 219. The van der Waals surface area contributed by atoms with Gasteiger partial charge in [-0.05, 0) is 13.8 Å². The summed E-state index contributed by atoms with van der Waals surface area (Å²) in [5, 5.41) is 3.13. The van der Waals surface area contributed by atoms with Crippen LogP contribution in [0.3, 0.4) is 0 Å². The quantitative estimate of drug-likeness (QED) is 0.535. The SMILES string of the molecule is CC1NCC(=O)N2CCOC12C. The van der Waals surface area contributed by atoms with Gasteiger partial charge >= 0.3 is 0 Å². The summed E-state index contributed by atoms with van der Waals surface area (Å²) in [6, 6.07) is 0.220. The molecule has 0 aromatic carbocycles. The highest BCUT2D eigenvalue weighted by atomic mass is 16.5. The lowest BCUT2D eigenvalue weighted by Gasteiger charge is -2.42. The molecule has 0 saturated carbocycles. The molecule has 2 aliphatic rings. The van der Waals surface area contributed by atoms with Crippen molar-refractivity contribution in [1.29, 1.82) is 0 Å². The highest BCUT2D eigenvalue weighted by Crippen LogP contribution is 2.28. The molecule has 2 rings (SSSR count). The fourth-order valence-electron chi connectivity index (χ4n) is 1.90. The Balaban J connectivity index is 2.27. The van der Waals surface area contributed by atoms with Gasteiger partial charge in [-0.25, -0.2) is 0 Å². The summed E-state index contributed by atoms with van der Waals surface area (Å²) in [7, 11) is 0. The van der Waals surface area contributed by atoms with Crippen molar-refractivity contribution in [3.63, 3.8) is 0 Å². The molecule has 4 nitrogen and oxygen atoms in total. The average molecular weight is 170 g/mol. The molecule has 1 amide bonds. The zero-order valence-electron chi connectivity index (χ0n) is 7.46. The van der Waals surface area contributed by atoms with Gasteiger partial charge in [0.25, 0.3) is 0 Å². The standard InChI is InChI=1S/C8H14N2O2/c1-6-8(2)10(3-4-12-8)7(11)5-9-6/h6,9H,3-5H2,1-2H3. The Labute approximate surface area is 71.9 Å². The van der Waals surface area contributed by atoms with Crippen LogP contribution in [0, 0.1) is 0 Å². The highest BCUT2D eigenvalue weighted by molar-refractivity contribution is 5.80. The molecule has 2 atom stereocenters. The molecule has 0 bridgehead atoms. The zero-order chi connectivity index (χ0) is 8.77. The van der Waals surface area contributed by atoms with Gasteiger partial charge < -0.3 is 15.0 Å².